The fourth-order valence-corrected chi connectivity index (χ4v) is 3.74. The van der Waals surface area contributed by atoms with Gasteiger partial charge in [0.25, 0.3) is 0 Å². The number of aryl methyl sites for hydroxylation is 2. The van der Waals surface area contributed by atoms with Crippen LogP contribution in [0, 0.1) is 36.5 Å². The summed E-state index contributed by atoms with van der Waals surface area (Å²) in [5.41, 5.74) is 3.70. The summed E-state index contributed by atoms with van der Waals surface area (Å²) in [6.07, 6.45) is -0.658. The minimum Gasteiger partial charge on any atom is -0.342 e. The fourth-order valence-electron chi connectivity index (χ4n) is 3.74. The number of fused-ring (bicyclic) bond motifs is 2. The van der Waals surface area contributed by atoms with Crippen LogP contribution in [0.4, 0.5) is 23.0 Å². The highest BCUT2D eigenvalue weighted by Crippen LogP contribution is 2.40. The predicted molar refractivity (Wildman–Crippen MR) is 124 cm³/mol. The molecule has 0 saturated heterocycles. The first-order valence-corrected chi connectivity index (χ1v) is 10.2. The highest BCUT2D eigenvalue weighted by Gasteiger charge is 2.42. The molecule has 2 aliphatic heterocycles. The van der Waals surface area contributed by atoms with Crippen molar-refractivity contribution in [2.24, 2.45) is 9.98 Å². The first-order chi connectivity index (χ1) is 16.0. The molecule has 5 rings (SSSR count). The summed E-state index contributed by atoms with van der Waals surface area (Å²) < 4.78 is 5.68. The van der Waals surface area contributed by atoms with Crippen molar-refractivity contribution >= 4 is 34.7 Å². The summed E-state index contributed by atoms with van der Waals surface area (Å²) in [6, 6.07) is 19.7. The van der Waals surface area contributed by atoms with Crippen LogP contribution in [0.2, 0.25) is 0 Å². The second-order valence-corrected chi connectivity index (χ2v) is 7.62. The number of anilines is 3. The second-order valence-electron chi connectivity index (χ2n) is 7.62. The van der Waals surface area contributed by atoms with E-state index in [1.807, 2.05) is 79.4 Å². The molecule has 0 radical (unpaired) electrons. The van der Waals surface area contributed by atoms with E-state index in [1.54, 1.807) is 12.0 Å². The van der Waals surface area contributed by atoms with Crippen molar-refractivity contribution in [1.82, 2.24) is 9.97 Å². The maximum atomic E-state index is 9.51. The van der Waals surface area contributed by atoms with Crippen LogP contribution in [-0.2, 0) is 4.74 Å². The zero-order valence-corrected chi connectivity index (χ0v) is 18.2. The number of aromatic nitrogens is 2. The molecule has 9 nitrogen and oxygen atoms in total. The van der Waals surface area contributed by atoms with Gasteiger partial charge in [0.15, 0.2) is 34.7 Å². The fraction of sp³-hybridized carbons (Fsp3) is 0.167. The summed E-state index contributed by atoms with van der Waals surface area (Å²) in [5, 5.41) is 19.0. The lowest BCUT2D eigenvalue weighted by molar-refractivity contribution is 0.121. The number of aliphatic imine (C=N–C) groups is 2. The molecule has 0 aliphatic carbocycles. The van der Waals surface area contributed by atoms with Gasteiger partial charge < -0.3 is 4.74 Å². The van der Waals surface area contributed by atoms with E-state index in [2.05, 4.69) is 9.97 Å². The Labute approximate surface area is 190 Å². The van der Waals surface area contributed by atoms with E-state index in [0.717, 1.165) is 22.5 Å². The number of methoxy groups -OCH3 is 1. The van der Waals surface area contributed by atoms with E-state index in [-0.39, 0.29) is 17.2 Å². The minimum atomic E-state index is -0.658. The van der Waals surface area contributed by atoms with Gasteiger partial charge >= 0.3 is 0 Å². The largest absolute Gasteiger partial charge is 0.342 e. The third-order valence-corrected chi connectivity index (χ3v) is 5.40. The molecule has 2 aliphatic rings. The van der Waals surface area contributed by atoms with Crippen molar-refractivity contribution < 1.29 is 4.74 Å². The van der Waals surface area contributed by atoms with Crippen LogP contribution in [-0.4, -0.2) is 35.1 Å². The Kier molecular flexibility index (Phi) is 4.82. The Morgan fingerprint density at radius 3 is 1.97 bits per heavy atom. The third-order valence-electron chi connectivity index (χ3n) is 5.40. The molecule has 1 atom stereocenters. The summed E-state index contributed by atoms with van der Waals surface area (Å²) >= 11 is 0. The Bertz CT molecular complexity index is 1390. The van der Waals surface area contributed by atoms with Crippen LogP contribution in [0.15, 0.2) is 58.5 Å². The molecule has 0 N–H and O–H groups in total. The zero-order valence-electron chi connectivity index (χ0n) is 18.2. The molecular formula is C24H18N8O. The third kappa shape index (κ3) is 3.28. The van der Waals surface area contributed by atoms with E-state index in [1.165, 1.54) is 0 Å². The van der Waals surface area contributed by atoms with Crippen molar-refractivity contribution in [3.8, 4) is 12.1 Å². The standard InChI is InChI=1S/C24H18N8O/c1-14-4-8-16(9-5-14)31-21-20(27-18(12-25)19(13-26)28-21)29-22-23(31)30-24(33-3)32(22)17-10-6-15(2)7-11-17/h4-11,24H,1-3H3. The first-order valence-electron chi connectivity index (χ1n) is 10.2. The number of nitriles is 2. The van der Waals surface area contributed by atoms with Gasteiger partial charge in [-0.05, 0) is 38.1 Å². The van der Waals surface area contributed by atoms with E-state index in [9.17, 15) is 10.5 Å². The lowest BCUT2D eigenvalue weighted by atomic mass is 10.2. The van der Waals surface area contributed by atoms with Crippen LogP contribution in [0.1, 0.15) is 22.5 Å². The Morgan fingerprint density at radius 1 is 0.818 bits per heavy atom. The molecule has 33 heavy (non-hydrogen) atoms. The minimum absolute atomic E-state index is 0.0655. The Hall–Kier alpha value is -4.60. The second kappa shape index (κ2) is 7.83. The predicted octanol–water partition coefficient (Wildman–Crippen LogP) is 3.87. The number of nitrogens with zero attached hydrogens (tertiary/aromatic N) is 8. The van der Waals surface area contributed by atoms with Gasteiger partial charge in [0.2, 0.25) is 6.35 Å². The average molecular weight is 434 g/mol. The summed E-state index contributed by atoms with van der Waals surface area (Å²) in [5.74, 6) is 1.59. The number of rotatable bonds is 3. The summed E-state index contributed by atoms with van der Waals surface area (Å²) in [7, 11) is 1.58. The van der Waals surface area contributed by atoms with Crippen molar-refractivity contribution in [1.29, 1.82) is 10.5 Å². The van der Waals surface area contributed by atoms with Gasteiger partial charge in [0.05, 0.1) is 0 Å². The quantitative estimate of drug-likeness (QED) is 0.615. The van der Waals surface area contributed by atoms with E-state index < -0.39 is 6.35 Å². The maximum absolute atomic E-state index is 9.51. The molecular weight excluding hydrogens is 416 g/mol. The normalized spacial score (nSPS) is 16.3. The van der Waals surface area contributed by atoms with Gasteiger partial charge in [-0.2, -0.15) is 10.5 Å². The maximum Gasteiger partial charge on any atom is 0.235 e. The SMILES string of the molecule is COC1N=C2C(=Nc3nc(C#N)c(C#N)nc3N2c2ccc(C)cc2)N1c1ccc(C)cc1. The average Bonchev–Trinajstić information content (AvgIpc) is 3.20. The number of hydrogen-bond donors (Lipinski definition) is 0. The molecule has 3 heterocycles. The van der Waals surface area contributed by atoms with Gasteiger partial charge in [-0.3, -0.25) is 9.80 Å². The van der Waals surface area contributed by atoms with Crippen molar-refractivity contribution in [3.63, 3.8) is 0 Å². The van der Waals surface area contributed by atoms with Crippen LogP contribution in [0.3, 0.4) is 0 Å². The van der Waals surface area contributed by atoms with Crippen LogP contribution in [0.25, 0.3) is 0 Å². The van der Waals surface area contributed by atoms with Crippen LogP contribution < -0.4 is 9.80 Å². The molecule has 0 fully saturated rings. The van der Waals surface area contributed by atoms with Crippen molar-refractivity contribution in [2.45, 2.75) is 20.2 Å². The van der Waals surface area contributed by atoms with E-state index >= 15 is 0 Å². The van der Waals surface area contributed by atoms with E-state index in [4.69, 9.17) is 14.7 Å². The highest BCUT2D eigenvalue weighted by atomic mass is 16.5. The molecule has 3 aromatic rings. The monoisotopic (exact) mass is 434 g/mol. The zero-order chi connectivity index (χ0) is 23.1. The Balaban J connectivity index is 1.76. The van der Waals surface area contributed by atoms with Crippen molar-refractivity contribution in [3.05, 3.63) is 71.0 Å². The lowest BCUT2D eigenvalue weighted by Gasteiger charge is -2.30. The van der Waals surface area contributed by atoms with Gasteiger partial charge in [-0.1, -0.05) is 35.4 Å². The van der Waals surface area contributed by atoms with Gasteiger partial charge in [-0.15, -0.1) is 0 Å². The molecule has 0 spiro atoms. The first kappa shape index (κ1) is 20.3. The number of amidine groups is 2. The number of hydrogen-bond acceptors (Lipinski definition) is 9. The number of ether oxygens (including phenoxy) is 1. The van der Waals surface area contributed by atoms with E-state index in [0.29, 0.717) is 17.5 Å². The molecule has 1 aromatic heterocycles. The molecule has 1 unspecified atom stereocenters. The smallest absolute Gasteiger partial charge is 0.235 e. The van der Waals surface area contributed by atoms with Crippen LogP contribution in [0.5, 0.6) is 0 Å². The lowest BCUT2D eigenvalue weighted by Crippen LogP contribution is -2.43. The molecule has 2 aromatic carbocycles. The highest BCUT2D eigenvalue weighted by molar-refractivity contribution is 6.53. The summed E-state index contributed by atoms with van der Waals surface area (Å²) in [4.78, 5) is 22.0. The Morgan fingerprint density at radius 2 is 1.39 bits per heavy atom. The number of benzene rings is 2. The topological polar surface area (TPSA) is 114 Å². The molecule has 160 valence electrons. The molecule has 0 saturated carbocycles. The van der Waals surface area contributed by atoms with Gasteiger partial charge in [0, 0.05) is 18.5 Å². The summed E-state index contributed by atoms with van der Waals surface area (Å²) in [6.45, 7) is 4.02. The molecule has 0 bridgehead atoms. The molecule has 9 heteroatoms. The van der Waals surface area contributed by atoms with Crippen molar-refractivity contribution in [2.75, 3.05) is 16.9 Å². The van der Waals surface area contributed by atoms with Gasteiger partial charge in [-0.25, -0.2) is 20.0 Å². The molecule has 0 amide bonds. The van der Waals surface area contributed by atoms with Crippen LogP contribution >= 0.6 is 0 Å². The van der Waals surface area contributed by atoms with Gasteiger partial charge in [0.1, 0.15) is 12.1 Å².